The van der Waals surface area contributed by atoms with E-state index in [1.165, 1.54) is 12.1 Å². The molecule has 1 aromatic carbocycles. The van der Waals surface area contributed by atoms with Crippen molar-refractivity contribution < 1.29 is 8.78 Å². The van der Waals surface area contributed by atoms with E-state index in [2.05, 4.69) is 10.2 Å². The molecule has 1 aliphatic heterocycles. The van der Waals surface area contributed by atoms with Gasteiger partial charge in [-0.2, -0.15) is 0 Å². The molecule has 1 aliphatic rings. The predicted molar refractivity (Wildman–Crippen MR) is 61.8 cm³/mol. The number of hydrogen-bond donors (Lipinski definition) is 1. The zero-order chi connectivity index (χ0) is 10.7. The van der Waals surface area contributed by atoms with Crippen molar-refractivity contribution in [2.24, 2.45) is 0 Å². The Kier molecular flexibility index (Phi) is 5.12. The smallest absolute Gasteiger partial charge is 0.130 e. The third kappa shape index (κ3) is 3.40. The molecule has 0 radical (unpaired) electrons. The molecule has 0 unspecified atom stereocenters. The molecule has 1 heterocycles. The van der Waals surface area contributed by atoms with Crippen molar-refractivity contribution in [1.82, 2.24) is 10.2 Å². The van der Waals surface area contributed by atoms with Crippen LogP contribution in [-0.2, 0) is 6.54 Å². The first-order valence-corrected chi connectivity index (χ1v) is 5.13. The molecule has 0 saturated carbocycles. The van der Waals surface area contributed by atoms with E-state index < -0.39 is 11.6 Å². The van der Waals surface area contributed by atoms with Crippen molar-refractivity contribution in [3.8, 4) is 0 Å². The topological polar surface area (TPSA) is 15.3 Å². The highest BCUT2D eigenvalue weighted by atomic mass is 35.5. The van der Waals surface area contributed by atoms with E-state index in [9.17, 15) is 8.78 Å². The maximum absolute atomic E-state index is 13.3. The minimum atomic E-state index is -0.517. The third-order valence-corrected chi connectivity index (χ3v) is 2.62. The highest BCUT2D eigenvalue weighted by molar-refractivity contribution is 5.85. The molecule has 0 aliphatic carbocycles. The van der Waals surface area contributed by atoms with E-state index in [1.807, 2.05) is 0 Å². The summed E-state index contributed by atoms with van der Waals surface area (Å²) in [5.41, 5.74) is 0.568. The molecule has 1 saturated heterocycles. The molecule has 0 aromatic heterocycles. The minimum absolute atomic E-state index is 0. The maximum Gasteiger partial charge on any atom is 0.130 e. The van der Waals surface area contributed by atoms with E-state index in [0.29, 0.717) is 12.1 Å². The van der Waals surface area contributed by atoms with Gasteiger partial charge < -0.3 is 5.32 Å². The number of benzene rings is 1. The van der Waals surface area contributed by atoms with Gasteiger partial charge in [0, 0.05) is 44.4 Å². The lowest BCUT2D eigenvalue weighted by atomic mass is 10.2. The zero-order valence-corrected chi connectivity index (χ0v) is 9.70. The summed E-state index contributed by atoms with van der Waals surface area (Å²) < 4.78 is 26.0. The molecule has 1 N–H and O–H groups in total. The Labute approximate surface area is 100 Å². The van der Waals surface area contributed by atoms with Crippen LogP contribution in [0.15, 0.2) is 18.2 Å². The van der Waals surface area contributed by atoms with Crippen molar-refractivity contribution in [1.29, 1.82) is 0 Å². The van der Waals surface area contributed by atoms with Gasteiger partial charge in [-0.1, -0.05) is 6.07 Å². The van der Waals surface area contributed by atoms with Gasteiger partial charge in [0.2, 0.25) is 0 Å². The summed E-state index contributed by atoms with van der Waals surface area (Å²) >= 11 is 0. The van der Waals surface area contributed by atoms with Crippen LogP contribution in [0.3, 0.4) is 0 Å². The summed E-state index contributed by atoms with van der Waals surface area (Å²) in [6.45, 7) is 4.26. The van der Waals surface area contributed by atoms with Crippen molar-refractivity contribution in [3.05, 3.63) is 35.4 Å². The first kappa shape index (κ1) is 13.4. The molecule has 5 heteroatoms. The van der Waals surface area contributed by atoms with Gasteiger partial charge >= 0.3 is 0 Å². The zero-order valence-electron chi connectivity index (χ0n) is 8.88. The molecule has 16 heavy (non-hydrogen) atoms. The summed E-state index contributed by atoms with van der Waals surface area (Å²) in [6, 6.07) is 3.77. The van der Waals surface area contributed by atoms with Gasteiger partial charge in [0.05, 0.1) is 0 Å². The van der Waals surface area contributed by atoms with Crippen molar-refractivity contribution >= 4 is 12.4 Å². The van der Waals surface area contributed by atoms with Gasteiger partial charge in [-0.25, -0.2) is 8.78 Å². The van der Waals surface area contributed by atoms with Crippen LogP contribution in [-0.4, -0.2) is 31.1 Å². The number of hydrogen-bond acceptors (Lipinski definition) is 2. The maximum atomic E-state index is 13.3. The Hall–Kier alpha value is -0.710. The lowest BCUT2D eigenvalue weighted by Crippen LogP contribution is -2.43. The van der Waals surface area contributed by atoms with Crippen molar-refractivity contribution in [3.63, 3.8) is 0 Å². The van der Waals surface area contributed by atoms with Crippen LogP contribution in [0.25, 0.3) is 0 Å². The summed E-state index contributed by atoms with van der Waals surface area (Å²) in [7, 11) is 0. The summed E-state index contributed by atoms with van der Waals surface area (Å²) in [5.74, 6) is -0.968. The molecule has 0 spiro atoms. The Morgan fingerprint density at radius 2 is 1.88 bits per heavy atom. The molecule has 0 atom stereocenters. The lowest BCUT2D eigenvalue weighted by molar-refractivity contribution is 0.230. The number of piperazine rings is 1. The number of halogens is 3. The lowest BCUT2D eigenvalue weighted by Gasteiger charge is -2.27. The van der Waals surface area contributed by atoms with Crippen LogP contribution < -0.4 is 5.32 Å². The molecule has 2 nitrogen and oxygen atoms in total. The molecule has 1 aromatic rings. The van der Waals surface area contributed by atoms with Crippen molar-refractivity contribution in [2.75, 3.05) is 26.2 Å². The van der Waals surface area contributed by atoms with Crippen LogP contribution in [0.4, 0.5) is 8.78 Å². The van der Waals surface area contributed by atoms with Gasteiger partial charge in [0.25, 0.3) is 0 Å². The highest BCUT2D eigenvalue weighted by Gasteiger charge is 2.12. The largest absolute Gasteiger partial charge is 0.314 e. The van der Waals surface area contributed by atoms with Crippen LogP contribution in [0.1, 0.15) is 5.56 Å². The van der Waals surface area contributed by atoms with E-state index in [0.717, 1.165) is 32.2 Å². The van der Waals surface area contributed by atoms with Crippen molar-refractivity contribution in [2.45, 2.75) is 6.54 Å². The summed E-state index contributed by atoms with van der Waals surface area (Å²) in [6.07, 6.45) is 0. The Morgan fingerprint density at radius 1 is 1.19 bits per heavy atom. The molecule has 90 valence electrons. The molecular weight excluding hydrogens is 234 g/mol. The fraction of sp³-hybridized carbons (Fsp3) is 0.455. The average molecular weight is 249 g/mol. The van der Waals surface area contributed by atoms with Crippen LogP contribution >= 0.6 is 12.4 Å². The summed E-state index contributed by atoms with van der Waals surface area (Å²) in [4.78, 5) is 2.16. The third-order valence-electron chi connectivity index (χ3n) is 2.62. The molecule has 0 bridgehead atoms. The van der Waals surface area contributed by atoms with E-state index in [4.69, 9.17) is 0 Å². The quantitative estimate of drug-likeness (QED) is 0.859. The normalized spacial score (nSPS) is 16.9. The Morgan fingerprint density at radius 3 is 2.50 bits per heavy atom. The highest BCUT2D eigenvalue weighted by Crippen LogP contribution is 2.12. The Bertz CT molecular complexity index is 341. The van der Waals surface area contributed by atoms with Gasteiger partial charge in [-0.3, -0.25) is 4.90 Å². The van der Waals surface area contributed by atoms with Crippen LogP contribution in [0.5, 0.6) is 0 Å². The van der Waals surface area contributed by atoms with E-state index in [-0.39, 0.29) is 12.4 Å². The average Bonchev–Trinajstić information content (AvgIpc) is 2.24. The van der Waals surface area contributed by atoms with Gasteiger partial charge in [-0.05, 0) is 6.07 Å². The number of nitrogens with zero attached hydrogens (tertiary/aromatic N) is 1. The second-order valence-corrected chi connectivity index (χ2v) is 3.76. The van der Waals surface area contributed by atoms with Crippen LogP contribution in [0, 0.1) is 11.6 Å². The van der Waals surface area contributed by atoms with Gasteiger partial charge in [0.1, 0.15) is 11.6 Å². The summed E-state index contributed by atoms with van der Waals surface area (Å²) in [5, 5.41) is 3.23. The minimum Gasteiger partial charge on any atom is -0.314 e. The van der Waals surface area contributed by atoms with Crippen LogP contribution in [0.2, 0.25) is 0 Å². The van der Waals surface area contributed by atoms with E-state index in [1.54, 1.807) is 0 Å². The Balaban J connectivity index is 0.00000128. The number of rotatable bonds is 2. The number of nitrogens with one attached hydrogen (secondary N) is 1. The monoisotopic (exact) mass is 248 g/mol. The van der Waals surface area contributed by atoms with E-state index >= 15 is 0 Å². The predicted octanol–water partition coefficient (Wildman–Crippen LogP) is 1.79. The molecule has 0 amide bonds. The second-order valence-electron chi connectivity index (χ2n) is 3.76. The first-order chi connectivity index (χ1) is 7.25. The van der Waals surface area contributed by atoms with Gasteiger partial charge in [-0.15, -0.1) is 12.4 Å². The molecule has 2 rings (SSSR count). The fourth-order valence-electron chi connectivity index (χ4n) is 1.76. The first-order valence-electron chi connectivity index (χ1n) is 5.13. The fourth-order valence-corrected chi connectivity index (χ4v) is 1.76. The molecule has 1 fully saturated rings. The standard InChI is InChI=1S/C11H14F2N2.ClH/c12-10-2-1-9(11(13)7-10)8-15-5-3-14-4-6-15;/h1-2,7,14H,3-6,8H2;1H. The molecular formula is C11H15ClF2N2. The van der Waals surface area contributed by atoms with Gasteiger partial charge in [0.15, 0.2) is 0 Å². The SMILES string of the molecule is Cl.Fc1ccc(CN2CCNCC2)c(F)c1. The second kappa shape index (κ2) is 6.13.